The van der Waals surface area contributed by atoms with E-state index in [0.29, 0.717) is 11.8 Å². The lowest BCUT2D eigenvalue weighted by molar-refractivity contribution is 0.373. The summed E-state index contributed by atoms with van der Waals surface area (Å²) in [6.45, 7) is 10.7. The predicted octanol–water partition coefficient (Wildman–Crippen LogP) is 2.91. The number of hydrogen-bond donors (Lipinski definition) is 0. The van der Waals surface area contributed by atoms with Gasteiger partial charge in [0.05, 0.1) is 12.8 Å². The largest absolute Gasteiger partial charge is 0.480 e. The molecule has 0 aliphatic rings. The van der Waals surface area contributed by atoms with Crippen molar-refractivity contribution in [2.75, 3.05) is 7.11 Å². The molecule has 0 N–H and O–H groups in total. The van der Waals surface area contributed by atoms with Gasteiger partial charge < -0.3 is 4.74 Å². The molecule has 0 saturated heterocycles. The fourth-order valence-electron chi connectivity index (χ4n) is 1.37. The molecule has 3 nitrogen and oxygen atoms in total. The lowest BCUT2D eigenvalue weighted by Crippen LogP contribution is -2.15. The van der Waals surface area contributed by atoms with Gasteiger partial charge in [-0.25, -0.2) is 0 Å². The van der Waals surface area contributed by atoms with Crippen LogP contribution in [0.3, 0.4) is 0 Å². The minimum absolute atomic E-state index is 0.0327. The van der Waals surface area contributed by atoms with Gasteiger partial charge in [-0.05, 0) is 17.4 Å². The second kappa shape index (κ2) is 4.17. The van der Waals surface area contributed by atoms with E-state index in [1.165, 1.54) is 0 Å². The van der Waals surface area contributed by atoms with Crippen molar-refractivity contribution in [3.8, 4) is 5.88 Å². The van der Waals surface area contributed by atoms with Gasteiger partial charge in [-0.15, -0.1) is 5.10 Å². The van der Waals surface area contributed by atoms with E-state index in [-0.39, 0.29) is 5.41 Å². The Bertz CT molecular complexity index is 340. The average molecular weight is 208 g/mol. The molecule has 1 aromatic heterocycles. The summed E-state index contributed by atoms with van der Waals surface area (Å²) in [5.41, 5.74) is 2.16. The molecule has 3 heteroatoms. The smallest absolute Gasteiger partial charge is 0.236 e. The lowest BCUT2D eigenvalue weighted by Gasteiger charge is -2.21. The Balaban J connectivity index is 3.26. The first kappa shape index (κ1) is 12.0. The monoisotopic (exact) mass is 208 g/mol. The zero-order valence-corrected chi connectivity index (χ0v) is 10.5. The maximum atomic E-state index is 5.23. The molecule has 0 spiro atoms. The third-order valence-corrected chi connectivity index (χ3v) is 2.37. The highest BCUT2D eigenvalue weighted by Crippen LogP contribution is 2.30. The van der Waals surface area contributed by atoms with Gasteiger partial charge in [0.15, 0.2) is 0 Å². The van der Waals surface area contributed by atoms with Crippen LogP contribution in [0.2, 0.25) is 0 Å². The second-order valence-electron chi connectivity index (χ2n) is 5.10. The van der Waals surface area contributed by atoms with Crippen LogP contribution < -0.4 is 4.74 Å². The van der Waals surface area contributed by atoms with Gasteiger partial charge >= 0.3 is 0 Å². The molecule has 0 aliphatic carbocycles. The van der Waals surface area contributed by atoms with E-state index in [4.69, 9.17) is 4.74 Å². The second-order valence-corrected chi connectivity index (χ2v) is 5.10. The Kier molecular flexibility index (Phi) is 3.32. The molecule has 84 valence electrons. The van der Waals surface area contributed by atoms with Crippen LogP contribution in [0.5, 0.6) is 5.88 Å². The maximum Gasteiger partial charge on any atom is 0.236 e. The summed E-state index contributed by atoms with van der Waals surface area (Å²) in [4.78, 5) is 0. The van der Waals surface area contributed by atoms with Gasteiger partial charge in [0.1, 0.15) is 0 Å². The van der Waals surface area contributed by atoms with Crippen molar-refractivity contribution in [3.63, 3.8) is 0 Å². The number of methoxy groups -OCH3 is 1. The van der Waals surface area contributed by atoms with Gasteiger partial charge in [0, 0.05) is 5.56 Å². The van der Waals surface area contributed by atoms with Crippen LogP contribution in [-0.2, 0) is 5.41 Å². The number of rotatable bonds is 2. The van der Waals surface area contributed by atoms with E-state index < -0.39 is 0 Å². The molecule has 0 fully saturated rings. The standard InChI is InChI=1S/C12H20N2O/c1-8(2)10-7-9(12(3,4)5)11(15-6)14-13-10/h7-8H,1-6H3. The minimum atomic E-state index is 0.0327. The maximum absolute atomic E-state index is 5.23. The first-order valence-electron chi connectivity index (χ1n) is 5.28. The molecule has 15 heavy (non-hydrogen) atoms. The number of hydrogen-bond acceptors (Lipinski definition) is 3. The summed E-state index contributed by atoms with van der Waals surface area (Å²) >= 11 is 0. The van der Waals surface area contributed by atoms with Gasteiger partial charge in [-0.1, -0.05) is 34.6 Å². The SMILES string of the molecule is COc1nnc(C(C)C)cc1C(C)(C)C. The van der Waals surface area contributed by atoms with Crippen molar-refractivity contribution in [2.24, 2.45) is 0 Å². The van der Waals surface area contributed by atoms with E-state index >= 15 is 0 Å². The Morgan fingerprint density at radius 2 is 1.80 bits per heavy atom. The summed E-state index contributed by atoms with van der Waals surface area (Å²) < 4.78 is 5.23. The molecule has 1 heterocycles. The van der Waals surface area contributed by atoms with Gasteiger partial charge in [0.25, 0.3) is 0 Å². The molecule has 0 atom stereocenters. The molecule has 1 aromatic rings. The summed E-state index contributed by atoms with van der Waals surface area (Å²) in [6.07, 6.45) is 0. The summed E-state index contributed by atoms with van der Waals surface area (Å²) in [5.74, 6) is 1.02. The number of aromatic nitrogens is 2. The average Bonchev–Trinajstić information content (AvgIpc) is 2.15. The van der Waals surface area contributed by atoms with Gasteiger partial charge in [-0.3, -0.25) is 0 Å². The molecular formula is C12H20N2O. The summed E-state index contributed by atoms with van der Waals surface area (Å²) in [7, 11) is 1.63. The van der Waals surface area contributed by atoms with Gasteiger partial charge in [0.2, 0.25) is 5.88 Å². The third kappa shape index (κ3) is 2.67. The Hall–Kier alpha value is -1.12. The first-order valence-corrected chi connectivity index (χ1v) is 5.28. The molecule has 0 aliphatic heterocycles. The Morgan fingerprint density at radius 3 is 2.20 bits per heavy atom. The van der Waals surface area contributed by atoms with E-state index in [9.17, 15) is 0 Å². The van der Waals surface area contributed by atoms with Crippen molar-refractivity contribution >= 4 is 0 Å². The van der Waals surface area contributed by atoms with Crippen LogP contribution in [0.25, 0.3) is 0 Å². The van der Waals surface area contributed by atoms with Crippen LogP contribution in [0, 0.1) is 0 Å². The van der Waals surface area contributed by atoms with Crippen LogP contribution in [0.1, 0.15) is 51.8 Å². The molecule has 0 amide bonds. The van der Waals surface area contributed by atoms with E-state index in [1.54, 1.807) is 7.11 Å². The Labute approximate surface area is 91.9 Å². The summed E-state index contributed by atoms with van der Waals surface area (Å²) in [6, 6.07) is 2.09. The van der Waals surface area contributed by atoms with E-state index in [2.05, 4.69) is 50.9 Å². The summed E-state index contributed by atoms with van der Waals surface area (Å²) in [5, 5.41) is 8.26. The molecule has 1 rings (SSSR count). The molecule has 0 saturated carbocycles. The molecule has 0 aromatic carbocycles. The topological polar surface area (TPSA) is 35.0 Å². The highest BCUT2D eigenvalue weighted by Gasteiger charge is 2.21. The lowest BCUT2D eigenvalue weighted by atomic mass is 9.87. The molecule has 0 bridgehead atoms. The third-order valence-electron chi connectivity index (χ3n) is 2.37. The Morgan fingerprint density at radius 1 is 1.20 bits per heavy atom. The predicted molar refractivity (Wildman–Crippen MR) is 61.4 cm³/mol. The van der Waals surface area contributed by atoms with Gasteiger partial charge in [-0.2, -0.15) is 5.10 Å². The van der Waals surface area contributed by atoms with Crippen LogP contribution >= 0.6 is 0 Å². The van der Waals surface area contributed by atoms with E-state index in [0.717, 1.165) is 11.3 Å². The quantitative estimate of drug-likeness (QED) is 0.749. The van der Waals surface area contributed by atoms with Crippen LogP contribution in [0.15, 0.2) is 6.07 Å². The number of ether oxygens (including phenoxy) is 1. The van der Waals surface area contributed by atoms with Crippen molar-refractivity contribution in [1.82, 2.24) is 10.2 Å². The highest BCUT2D eigenvalue weighted by atomic mass is 16.5. The normalized spacial score (nSPS) is 11.9. The van der Waals surface area contributed by atoms with Crippen LogP contribution in [-0.4, -0.2) is 17.3 Å². The zero-order chi connectivity index (χ0) is 11.6. The molecule has 0 radical (unpaired) electrons. The highest BCUT2D eigenvalue weighted by molar-refractivity contribution is 5.33. The zero-order valence-electron chi connectivity index (χ0n) is 10.5. The van der Waals surface area contributed by atoms with Crippen molar-refractivity contribution in [2.45, 2.75) is 46.0 Å². The molecular weight excluding hydrogens is 188 g/mol. The fraction of sp³-hybridized carbons (Fsp3) is 0.667. The van der Waals surface area contributed by atoms with Crippen LogP contribution in [0.4, 0.5) is 0 Å². The minimum Gasteiger partial charge on any atom is -0.480 e. The fourth-order valence-corrected chi connectivity index (χ4v) is 1.37. The van der Waals surface area contributed by atoms with Crippen molar-refractivity contribution < 1.29 is 4.74 Å². The van der Waals surface area contributed by atoms with Crippen molar-refractivity contribution in [3.05, 3.63) is 17.3 Å². The van der Waals surface area contributed by atoms with Crippen molar-refractivity contribution in [1.29, 1.82) is 0 Å². The number of nitrogens with zero attached hydrogens (tertiary/aromatic N) is 2. The molecule has 0 unspecified atom stereocenters. The van der Waals surface area contributed by atoms with E-state index in [1.807, 2.05) is 0 Å². The first-order chi connectivity index (χ1) is 6.86.